The van der Waals surface area contributed by atoms with Gasteiger partial charge in [-0.3, -0.25) is 9.48 Å². The molecule has 2 heterocycles. The van der Waals surface area contributed by atoms with Gasteiger partial charge in [-0.2, -0.15) is 5.10 Å². The van der Waals surface area contributed by atoms with Crippen molar-refractivity contribution >= 4 is 17.2 Å². The lowest BCUT2D eigenvalue weighted by Crippen LogP contribution is -2.26. The molecule has 0 bridgehead atoms. The van der Waals surface area contributed by atoms with E-state index in [1.807, 2.05) is 26.3 Å². The van der Waals surface area contributed by atoms with E-state index in [-0.39, 0.29) is 5.91 Å². The third-order valence-corrected chi connectivity index (χ3v) is 3.52. The molecule has 5 nitrogen and oxygen atoms in total. The normalized spacial score (nSPS) is 10.6. The molecule has 0 aromatic carbocycles. The SMILES string of the molecule is Cc1nn(C)c(C)c1C(=O)NCCc1cscn1. The number of nitrogens with zero attached hydrogens (tertiary/aromatic N) is 3. The summed E-state index contributed by atoms with van der Waals surface area (Å²) in [6.45, 7) is 4.34. The Morgan fingerprint density at radius 2 is 2.28 bits per heavy atom. The lowest BCUT2D eigenvalue weighted by atomic mass is 10.2. The molecule has 0 aliphatic carbocycles. The Hall–Kier alpha value is -1.69. The van der Waals surface area contributed by atoms with Crippen molar-refractivity contribution in [3.8, 4) is 0 Å². The lowest BCUT2D eigenvalue weighted by Gasteiger charge is -2.04. The summed E-state index contributed by atoms with van der Waals surface area (Å²) in [4.78, 5) is 16.2. The summed E-state index contributed by atoms with van der Waals surface area (Å²) < 4.78 is 1.73. The number of hydrogen-bond donors (Lipinski definition) is 1. The van der Waals surface area contributed by atoms with Crippen LogP contribution in [0.15, 0.2) is 10.9 Å². The number of carbonyl (C=O) groups is 1. The highest BCUT2D eigenvalue weighted by atomic mass is 32.1. The van der Waals surface area contributed by atoms with E-state index in [0.717, 1.165) is 23.5 Å². The van der Waals surface area contributed by atoms with E-state index in [1.54, 1.807) is 21.5 Å². The molecule has 0 fully saturated rings. The van der Waals surface area contributed by atoms with Gasteiger partial charge in [0, 0.05) is 31.1 Å². The Kier molecular flexibility index (Phi) is 3.76. The number of thiazole rings is 1. The average Bonchev–Trinajstić information content (AvgIpc) is 2.89. The van der Waals surface area contributed by atoms with Gasteiger partial charge in [-0.25, -0.2) is 4.98 Å². The maximum Gasteiger partial charge on any atom is 0.255 e. The lowest BCUT2D eigenvalue weighted by molar-refractivity contribution is 0.0953. The first-order valence-electron chi connectivity index (χ1n) is 5.75. The Balaban J connectivity index is 1.95. The van der Waals surface area contributed by atoms with Crippen molar-refractivity contribution < 1.29 is 4.79 Å². The van der Waals surface area contributed by atoms with Gasteiger partial charge in [0.2, 0.25) is 0 Å². The average molecular weight is 264 g/mol. The van der Waals surface area contributed by atoms with Crippen LogP contribution in [0.25, 0.3) is 0 Å². The first-order chi connectivity index (χ1) is 8.59. The molecule has 0 aliphatic heterocycles. The zero-order valence-corrected chi connectivity index (χ0v) is 11.5. The minimum absolute atomic E-state index is 0.0617. The Bertz CT molecular complexity index is 545. The summed E-state index contributed by atoms with van der Waals surface area (Å²) in [5.41, 5.74) is 5.14. The van der Waals surface area contributed by atoms with Crippen LogP contribution >= 0.6 is 11.3 Å². The highest BCUT2D eigenvalue weighted by Crippen LogP contribution is 2.11. The molecule has 0 unspecified atom stereocenters. The van der Waals surface area contributed by atoms with Crippen molar-refractivity contribution in [3.63, 3.8) is 0 Å². The van der Waals surface area contributed by atoms with Crippen LogP contribution in [0, 0.1) is 13.8 Å². The zero-order chi connectivity index (χ0) is 13.1. The second kappa shape index (κ2) is 5.30. The molecule has 2 rings (SSSR count). The standard InChI is InChI=1S/C12H16N4OS/c1-8-11(9(2)16(3)15-8)12(17)13-5-4-10-6-18-7-14-10/h6-7H,4-5H2,1-3H3,(H,13,17). The fraction of sp³-hybridized carbons (Fsp3) is 0.417. The van der Waals surface area contributed by atoms with E-state index in [9.17, 15) is 4.79 Å². The molecular formula is C12H16N4OS. The summed E-state index contributed by atoms with van der Waals surface area (Å²) in [7, 11) is 1.84. The maximum absolute atomic E-state index is 12.0. The van der Waals surface area contributed by atoms with Crippen molar-refractivity contribution in [3.05, 3.63) is 33.5 Å². The summed E-state index contributed by atoms with van der Waals surface area (Å²) >= 11 is 1.57. The van der Waals surface area contributed by atoms with E-state index >= 15 is 0 Å². The van der Waals surface area contributed by atoms with Crippen LogP contribution < -0.4 is 5.32 Å². The Morgan fingerprint density at radius 1 is 1.50 bits per heavy atom. The maximum atomic E-state index is 12.0. The highest BCUT2D eigenvalue weighted by molar-refractivity contribution is 7.07. The third-order valence-electron chi connectivity index (χ3n) is 2.89. The highest BCUT2D eigenvalue weighted by Gasteiger charge is 2.16. The van der Waals surface area contributed by atoms with Crippen LogP contribution in [-0.4, -0.2) is 27.2 Å². The van der Waals surface area contributed by atoms with Crippen LogP contribution in [0.5, 0.6) is 0 Å². The molecule has 1 N–H and O–H groups in total. The van der Waals surface area contributed by atoms with Crippen molar-refractivity contribution in [1.29, 1.82) is 0 Å². The topological polar surface area (TPSA) is 59.8 Å². The number of aromatic nitrogens is 3. The smallest absolute Gasteiger partial charge is 0.255 e. The van der Waals surface area contributed by atoms with E-state index in [0.29, 0.717) is 12.1 Å². The number of nitrogens with one attached hydrogen (secondary N) is 1. The van der Waals surface area contributed by atoms with Crippen molar-refractivity contribution in [1.82, 2.24) is 20.1 Å². The number of hydrogen-bond acceptors (Lipinski definition) is 4. The summed E-state index contributed by atoms with van der Waals surface area (Å²) in [6.07, 6.45) is 0.758. The second-order valence-electron chi connectivity index (χ2n) is 4.16. The van der Waals surface area contributed by atoms with Gasteiger partial charge in [-0.05, 0) is 13.8 Å². The van der Waals surface area contributed by atoms with Gasteiger partial charge in [-0.15, -0.1) is 11.3 Å². The molecule has 6 heteroatoms. The number of amides is 1. The predicted molar refractivity (Wildman–Crippen MR) is 70.8 cm³/mol. The van der Waals surface area contributed by atoms with E-state index in [4.69, 9.17) is 0 Å². The van der Waals surface area contributed by atoms with Gasteiger partial charge < -0.3 is 5.32 Å². The molecule has 2 aromatic heterocycles. The number of aryl methyl sites for hydroxylation is 2. The zero-order valence-electron chi connectivity index (χ0n) is 10.7. The predicted octanol–water partition coefficient (Wildman–Crippen LogP) is 1.47. The van der Waals surface area contributed by atoms with Gasteiger partial charge in [0.15, 0.2) is 0 Å². The largest absolute Gasteiger partial charge is 0.352 e. The second-order valence-corrected chi connectivity index (χ2v) is 4.87. The minimum Gasteiger partial charge on any atom is -0.352 e. The molecule has 0 saturated carbocycles. The molecule has 0 radical (unpaired) electrons. The van der Waals surface area contributed by atoms with E-state index < -0.39 is 0 Å². The van der Waals surface area contributed by atoms with E-state index in [2.05, 4.69) is 15.4 Å². The van der Waals surface area contributed by atoms with Crippen molar-refractivity contribution in [2.45, 2.75) is 20.3 Å². The van der Waals surface area contributed by atoms with Gasteiger partial charge in [0.05, 0.1) is 22.5 Å². The van der Waals surface area contributed by atoms with Crippen molar-refractivity contribution in [2.24, 2.45) is 7.05 Å². The quantitative estimate of drug-likeness (QED) is 0.909. The molecule has 2 aromatic rings. The van der Waals surface area contributed by atoms with Gasteiger partial charge in [-0.1, -0.05) is 0 Å². The molecule has 1 amide bonds. The van der Waals surface area contributed by atoms with Crippen LogP contribution in [-0.2, 0) is 13.5 Å². The fourth-order valence-electron chi connectivity index (χ4n) is 1.86. The van der Waals surface area contributed by atoms with Crippen LogP contribution in [0.2, 0.25) is 0 Å². The summed E-state index contributed by atoms with van der Waals surface area (Å²) in [5, 5.41) is 9.13. The molecule has 96 valence electrons. The minimum atomic E-state index is -0.0617. The monoisotopic (exact) mass is 264 g/mol. The molecule has 0 saturated heterocycles. The summed E-state index contributed by atoms with van der Waals surface area (Å²) in [6, 6.07) is 0. The first-order valence-corrected chi connectivity index (χ1v) is 6.69. The number of rotatable bonds is 4. The molecule has 0 spiro atoms. The van der Waals surface area contributed by atoms with Crippen LogP contribution in [0.4, 0.5) is 0 Å². The van der Waals surface area contributed by atoms with Crippen LogP contribution in [0.1, 0.15) is 27.4 Å². The molecule has 0 aliphatic rings. The number of carbonyl (C=O) groups excluding carboxylic acids is 1. The van der Waals surface area contributed by atoms with Gasteiger partial charge >= 0.3 is 0 Å². The molecule has 18 heavy (non-hydrogen) atoms. The Morgan fingerprint density at radius 3 is 2.83 bits per heavy atom. The van der Waals surface area contributed by atoms with Crippen LogP contribution in [0.3, 0.4) is 0 Å². The first kappa shape index (κ1) is 12.8. The third kappa shape index (κ3) is 2.59. The Labute approximate surface area is 110 Å². The van der Waals surface area contributed by atoms with Crippen molar-refractivity contribution in [2.75, 3.05) is 6.54 Å². The fourth-order valence-corrected chi connectivity index (χ4v) is 2.45. The molecule has 0 atom stereocenters. The van der Waals surface area contributed by atoms with Gasteiger partial charge in [0.25, 0.3) is 5.91 Å². The van der Waals surface area contributed by atoms with Gasteiger partial charge in [0.1, 0.15) is 0 Å². The van der Waals surface area contributed by atoms with E-state index in [1.165, 1.54) is 0 Å². The summed E-state index contributed by atoms with van der Waals surface area (Å²) in [5.74, 6) is -0.0617. The molecular weight excluding hydrogens is 248 g/mol.